The summed E-state index contributed by atoms with van der Waals surface area (Å²) in [5.41, 5.74) is 1.36. The maximum atomic E-state index is 14.3. The number of alkyl halides is 2. The van der Waals surface area contributed by atoms with Gasteiger partial charge < -0.3 is 30.3 Å². The summed E-state index contributed by atoms with van der Waals surface area (Å²) in [5, 5.41) is 32.2. The average Bonchev–Trinajstić information content (AvgIpc) is 3.20. The van der Waals surface area contributed by atoms with E-state index in [4.69, 9.17) is 19.8 Å². The van der Waals surface area contributed by atoms with Crippen molar-refractivity contribution < 1.29 is 52.8 Å². The van der Waals surface area contributed by atoms with Gasteiger partial charge in [-0.2, -0.15) is 13.8 Å². The van der Waals surface area contributed by atoms with E-state index >= 15 is 0 Å². The Balaban J connectivity index is 1.40. The summed E-state index contributed by atoms with van der Waals surface area (Å²) in [5.74, 6) is -5.61. The van der Waals surface area contributed by atoms with E-state index in [1.807, 2.05) is 0 Å². The first-order chi connectivity index (χ1) is 20.9. The summed E-state index contributed by atoms with van der Waals surface area (Å²) in [6.45, 7) is -0.826. The molecule has 1 aromatic carbocycles. The molecular formula is C26H33F2N6O10+. The molecule has 1 fully saturated rings. The lowest BCUT2D eigenvalue weighted by molar-refractivity contribution is -0.564. The quantitative estimate of drug-likeness (QED) is 0.0632. The molecule has 44 heavy (non-hydrogen) atoms. The lowest BCUT2D eigenvalue weighted by Gasteiger charge is -2.21. The minimum Gasteiger partial charge on any atom is -0.394 e. The van der Waals surface area contributed by atoms with Crippen molar-refractivity contribution in [2.45, 2.75) is 56.6 Å². The second-order valence-electron chi connectivity index (χ2n) is 9.74. The maximum absolute atomic E-state index is 14.3. The number of nitrogens with zero attached hydrogens (tertiary/aromatic N) is 3. The van der Waals surface area contributed by atoms with Crippen LogP contribution < -0.4 is 21.8 Å². The summed E-state index contributed by atoms with van der Waals surface area (Å²) in [7, 11) is 0. The Bertz CT molecular complexity index is 1390. The monoisotopic (exact) mass is 627 g/mol. The molecule has 0 spiro atoms. The SMILES string of the molecule is O=C(CCOCCC(=O)Nc1cccc(C[N+](=O)CCCC(=O)Nc2ccn(C3OC(CO)C(O)C3(F)F)c(=O)n2)c1)NO. The third-order valence-corrected chi connectivity index (χ3v) is 6.36. The molecule has 3 atom stereocenters. The number of carbonyl (C=O) groups excluding carboxylic acids is 3. The topological polar surface area (TPSA) is 221 Å². The standard InChI is InChI=1S/C26H32F2N6O10/c27-26(28)23(39)18(15-35)44-24(26)34-10-6-19(31-25(34)40)30-20(36)5-2-9-33(42)14-16-3-1-4-17(13-16)29-21(37)7-11-43-12-8-22(38)32-41/h1,3-4,6,10,13,18,23-24,35,39H,2,5,7-9,11-12,14-15H2,(H3-,29,30,31,32,36,37,38,40,41)/p+1. The summed E-state index contributed by atoms with van der Waals surface area (Å²) in [6.07, 6.45) is -5.19. The number of nitrogens with one attached hydrogen (secondary N) is 3. The summed E-state index contributed by atoms with van der Waals surface area (Å²) < 4.78 is 39.9. The van der Waals surface area contributed by atoms with Gasteiger partial charge in [-0.05, 0) is 18.2 Å². The molecule has 0 aliphatic carbocycles. The number of anilines is 2. The van der Waals surface area contributed by atoms with Crippen molar-refractivity contribution in [2.75, 3.05) is 37.0 Å². The lowest BCUT2D eigenvalue weighted by atomic mass is 10.1. The van der Waals surface area contributed by atoms with E-state index in [0.717, 1.165) is 17.0 Å². The van der Waals surface area contributed by atoms with Crippen molar-refractivity contribution in [2.24, 2.45) is 0 Å². The number of ether oxygens (including phenoxy) is 2. The number of nitroso groups, excluding NO2 is 1. The third-order valence-electron chi connectivity index (χ3n) is 6.36. The van der Waals surface area contributed by atoms with Crippen LogP contribution in [0.5, 0.6) is 0 Å². The Hall–Kier alpha value is -4.23. The van der Waals surface area contributed by atoms with Crippen LogP contribution >= 0.6 is 0 Å². The van der Waals surface area contributed by atoms with Crippen molar-refractivity contribution in [3.63, 3.8) is 0 Å². The number of amides is 3. The smallest absolute Gasteiger partial charge is 0.351 e. The predicted octanol–water partition coefficient (Wildman–Crippen LogP) is 0.0677. The highest BCUT2D eigenvalue weighted by molar-refractivity contribution is 5.91. The van der Waals surface area contributed by atoms with Crippen molar-refractivity contribution in [1.29, 1.82) is 0 Å². The van der Waals surface area contributed by atoms with Gasteiger partial charge in [-0.1, -0.05) is 12.1 Å². The molecule has 3 rings (SSSR count). The summed E-state index contributed by atoms with van der Waals surface area (Å²) >= 11 is 0. The molecule has 1 aliphatic rings. The number of halogens is 2. The summed E-state index contributed by atoms with van der Waals surface area (Å²) in [6, 6.07) is 7.70. The van der Waals surface area contributed by atoms with Gasteiger partial charge in [0.25, 0.3) is 0 Å². The molecule has 3 unspecified atom stereocenters. The molecule has 6 N–H and O–H groups in total. The van der Waals surface area contributed by atoms with Gasteiger partial charge in [0.05, 0.1) is 32.7 Å². The first-order valence-electron chi connectivity index (χ1n) is 13.5. The van der Waals surface area contributed by atoms with Gasteiger partial charge in [0, 0.05) is 40.0 Å². The van der Waals surface area contributed by atoms with Gasteiger partial charge in [0.1, 0.15) is 11.9 Å². The van der Waals surface area contributed by atoms with E-state index in [1.165, 1.54) is 5.48 Å². The average molecular weight is 628 g/mol. The molecule has 0 saturated carbocycles. The zero-order valence-corrected chi connectivity index (χ0v) is 23.4. The number of hydrogen-bond donors (Lipinski definition) is 6. The van der Waals surface area contributed by atoms with Crippen LogP contribution in [0.4, 0.5) is 20.3 Å². The van der Waals surface area contributed by atoms with E-state index < -0.39 is 48.5 Å². The second kappa shape index (κ2) is 16.0. The van der Waals surface area contributed by atoms with E-state index in [1.54, 1.807) is 24.3 Å². The predicted molar refractivity (Wildman–Crippen MR) is 146 cm³/mol. The van der Waals surface area contributed by atoms with Crippen molar-refractivity contribution in [3.8, 4) is 0 Å². The Morgan fingerprint density at radius 1 is 1.09 bits per heavy atom. The fourth-order valence-corrected chi connectivity index (χ4v) is 4.14. The van der Waals surface area contributed by atoms with Crippen LogP contribution in [0, 0.1) is 4.91 Å². The molecule has 18 heteroatoms. The van der Waals surface area contributed by atoms with Crippen LogP contribution in [-0.4, -0.2) is 91.9 Å². The Morgan fingerprint density at radius 3 is 2.45 bits per heavy atom. The van der Waals surface area contributed by atoms with Crippen LogP contribution in [0.15, 0.2) is 41.3 Å². The molecular weight excluding hydrogens is 594 g/mol. The van der Waals surface area contributed by atoms with E-state index in [2.05, 4.69) is 15.6 Å². The summed E-state index contributed by atoms with van der Waals surface area (Å²) in [4.78, 5) is 63.5. The number of aliphatic hydroxyl groups is 2. The molecule has 1 aromatic heterocycles. The molecule has 2 aromatic rings. The van der Waals surface area contributed by atoms with Gasteiger partial charge in [0.15, 0.2) is 12.6 Å². The molecule has 0 bridgehead atoms. The number of benzene rings is 1. The Labute approximate surface area is 248 Å². The number of hydroxylamine groups is 1. The van der Waals surface area contributed by atoms with Crippen LogP contribution in [0.25, 0.3) is 0 Å². The highest BCUT2D eigenvalue weighted by Gasteiger charge is 2.59. The number of aliphatic hydroxyl groups excluding tert-OH is 2. The molecule has 16 nitrogen and oxygen atoms in total. The number of rotatable bonds is 16. The number of aromatic nitrogens is 2. The molecule has 0 radical (unpaired) electrons. The molecule has 1 aliphatic heterocycles. The van der Waals surface area contributed by atoms with Gasteiger partial charge in [-0.3, -0.25) is 24.2 Å². The number of hydrogen-bond acceptors (Lipinski definition) is 11. The van der Waals surface area contributed by atoms with Gasteiger partial charge in [0.2, 0.25) is 30.5 Å². The van der Waals surface area contributed by atoms with E-state index in [0.29, 0.717) is 15.8 Å². The first-order valence-corrected chi connectivity index (χ1v) is 13.5. The van der Waals surface area contributed by atoms with E-state index in [9.17, 15) is 38.0 Å². The maximum Gasteiger partial charge on any atom is 0.351 e. The highest BCUT2D eigenvalue weighted by atomic mass is 19.3. The Morgan fingerprint density at radius 2 is 1.80 bits per heavy atom. The minimum atomic E-state index is -3.87. The van der Waals surface area contributed by atoms with Gasteiger partial charge in [-0.25, -0.2) is 10.3 Å². The second-order valence-corrected chi connectivity index (χ2v) is 9.74. The molecule has 3 amide bonds. The largest absolute Gasteiger partial charge is 0.394 e. The van der Waals surface area contributed by atoms with Gasteiger partial charge >= 0.3 is 11.6 Å². The van der Waals surface area contributed by atoms with E-state index in [-0.39, 0.29) is 63.7 Å². The fraction of sp³-hybridized carbons (Fsp3) is 0.500. The fourth-order valence-electron chi connectivity index (χ4n) is 4.14. The normalized spacial score (nSPS) is 18.9. The van der Waals surface area contributed by atoms with Crippen molar-refractivity contribution >= 4 is 29.2 Å². The zero-order valence-electron chi connectivity index (χ0n) is 23.4. The minimum absolute atomic E-state index is 0.0207. The van der Waals surface area contributed by atoms with Crippen LogP contribution in [0.1, 0.15) is 37.5 Å². The molecule has 240 valence electrons. The number of carbonyl (C=O) groups is 3. The van der Waals surface area contributed by atoms with Crippen LogP contribution in [0.2, 0.25) is 0 Å². The van der Waals surface area contributed by atoms with Crippen molar-refractivity contribution in [3.05, 3.63) is 57.5 Å². The lowest BCUT2D eigenvalue weighted by Crippen LogP contribution is -2.41. The molecule has 1 saturated heterocycles. The zero-order chi connectivity index (χ0) is 32.3. The molecule has 2 heterocycles. The van der Waals surface area contributed by atoms with Crippen molar-refractivity contribution in [1.82, 2.24) is 15.0 Å². The third kappa shape index (κ3) is 9.64. The van der Waals surface area contributed by atoms with Crippen LogP contribution in [-0.2, 0) is 30.4 Å². The van der Waals surface area contributed by atoms with Crippen LogP contribution in [0.3, 0.4) is 0 Å². The first kappa shape index (κ1) is 34.3. The highest BCUT2D eigenvalue weighted by Crippen LogP contribution is 2.41. The Kier molecular flexibility index (Phi) is 12.5. The van der Waals surface area contributed by atoms with Gasteiger partial charge in [-0.15, -0.1) is 0 Å².